The summed E-state index contributed by atoms with van der Waals surface area (Å²) in [6, 6.07) is 3.51. The van der Waals surface area contributed by atoms with Crippen molar-refractivity contribution in [3.63, 3.8) is 0 Å². The van der Waals surface area contributed by atoms with Crippen molar-refractivity contribution in [3.8, 4) is 6.07 Å². The van der Waals surface area contributed by atoms with Crippen molar-refractivity contribution in [3.05, 3.63) is 17.6 Å². The number of hydrogen-bond donors (Lipinski definition) is 1. The first-order valence-electron chi connectivity index (χ1n) is 4.84. The fourth-order valence-corrected chi connectivity index (χ4v) is 1.91. The zero-order valence-corrected chi connectivity index (χ0v) is 7.90. The summed E-state index contributed by atoms with van der Waals surface area (Å²) < 4.78 is 0. The second-order valence-corrected chi connectivity index (χ2v) is 3.63. The molecule has 4 heteroatoms. The van der Waals surface area contributed by atoms with Gasteiger partial charge >= 0.3 is 0 Å². The molecule has 0 atom stereocenters. The minimum Gasteiger partial charge on any atom is -0.384 e. The standard InChI is InChI=1S/C10H12N4/c11-6-8-5-9(12)14-10(13-8)7-3-1-2-4-7/h5,7H,1-4H2,(H2,12,13,14). The first-order valence-corrected chi connectivity index (χ1v) is 4.84. The van der Waals surface area contributed by atoms with E-state index in [2.05, 4.69) is 9.97 Å². The van der Waals surface area contributed by atoms with Crippen LogP contribution >= 0.6 is 0 Å². The number of aromatic nitrogens is 2. The smallest absolute Gasteiger partial charge is 0.146 e. The second kappa shape index (κ2) is 3.62. The van der Waals surface area contributed by atoms with Gasteiger partial charge in [0.05, 0.1) is 0 Å². The first-order chi connectivity index (χ1) is 6.79. The highest BCUT2D eigenvalue weighted by Crippen LogP contribution is 2.32. The van der Waals surface area contributed by atoms with Gasteiger partial charge in [0.25, 0.3) is 0 Å². The molecule has 0 aromatic carbocycles. The van der Waals surface area contributed by atoms with E-state index in [4.69, 9.17) is 11.0 Å². The Labute approximate surface area is 82.8 Å². The summed E-state index contributed by atoms with van der Waals surface area (Å²) >= 11 is 0. The summed E-state index contributed by atoms with van der Waals surface area (Å²) in [4.78, 5) is 8.36. The van der Waals surface area contributed by atoms with E-state index >= 15 is 0 Å². The molecule has 1 saturated carbocycles. The quantitative estimate of drug-likeness (QED) is 0.726. The third kappa shape index (κ3) is 1.67. The van der Waals surface area contributed by atoms with Crippen LogP contribution in [-0.2, 0) is 0 Å². The second-order valence-electron chi connectivity index (χ2n) is 3.63. The van der Waals surface area contributed by atoms with Crippen molar-refractivity contribution in [1.82, 2.24) is 9.97 Å². The molecule has 1 heterocycles. The van der Waals surface area contributed by atoms with E-state index in [-0.39, 0.29) is 0 Å². The Hall–Kier alpha value is -1.63. The van der Waals surface area contributed by atoms with Crippen molar-refractivity contribution < 1.29 is 0 Å². The van der Waals surface area contributed by atoms with Crippen molar-refractivity contribution >= 4 is 5.82 Å². The lowest BCUT2D eigenvalue weighted by Crippen LogP contribution is -2.05. The zero-order valence-electron chi connectivity index (χ0n) is 7.90. The van der Waals surface area contributed by atoms with Crippen LogP contribution in [-0.4, -0.2) is 9.97 Å². The summed E-state index contributed by atoms with van der Waals surface area (Å²) in [7, 11) is 0. The highest BCUT2D eigenvalue weighted by molar-refractivity contribution is 5.35. The van der Waals surface area contributed by atoms with Crippen LogP contribution in [0.3, 0.4) is 0 Å². The molecule has 4 nitrogen and oxygen atoms in total. The molecule has 0 unspecified atom stereocenters. The molecule has 1 aromatic heterocycles. The Bertz CT molecular complexity index is 374. The Morgan fingerprint density at radius 1 is 1.36 bits per heavy atom. The van der Waals surface area contributed by atoms with Gasteiger partial charge in [0.1, 0.15) is 23.4 Å². The lowest BCUT2D eigenvalue weighted by atomic mass is 10.1. The molecule has 0 spiro atoms. The van der Waals surface area contributed by atoms with Gasteiger partial charge < -0.3 is 5.73 Å². The number of nitrogen functional groups attached to an aromatic ring is 1. The number of nitrogens with zero attached hydrogens (tertiary/aromatic N) is 3. The van der Waals surface area contributed by atoms with E-state index < -0.39 is 0 Å². The maximum absolute atomic E-state index is 8.73. The number of rotatable bonds is 1. The molecule has 1 fully saturated rings. The average Bonchev–Trinajstić information content (AvgIpc) is 2.69. The lowest BCUT2D eigenvalue weighted by Gasteiger charge is -2.07. The van der Waals surface area contributed by atoms with Crippen LogP contribution in [0.1, 0.15) is 43.1 Å². The first kappa shape index (κ1) is 8.95. The number of anilines is 1. The van der Waals surface area contributed by atoms with Crippen LogP contribution in [0.5, 0.6) is 0 Å². The lowest BCUT2D eigenvalue weighted by molar-refractivity contribution is 0.667. The molecule has 2 rings (SSSR count). The molecule has 1 aromatic rings. The zero-order chi connectivity index (χ0) is 9.97. The fraction of sp³-hybridized carbons (Fsp3) is 0.500. The Balaban J connectivity index is 2.33. The van der Waals surface area contributed by atoms with Gasteiger partial charge in [-0.15, -0.1) is 0 Å². The molecule has 72 valence electrons. The summed E-state index contributed by atoms with van der Waals surface area (Å²) in [5.41, 5.74) is 5.97. The maximum Gasteiger partial charge on any atom is 0.146 e. The highest BCUT2D eigenvalue weighted by Gasteiger charge is 2.20. The maximum atomic E-state index is 8.73. The largest absolute Gasteiger partial charge is 0.384 e. The topological polar surface area (TPSA) is 75.6 Å². The number of nitriles is 1. The molecule has 2 N–H and O–H groups in total. The van der Waals surface area contributed by atoms with E-state index in [9.17, 15) is 0 Å². The number of hydrogen-bond acceptors (Lipinski definition) is 4. The van der Waals surface area contributed by atoms with Gasteiger partial charge in [-0.3, -0.25) is 0 Å². The molecule has 0 radical (unpaired) electrons. The summed E-state index contributed by atoms with van der Waals surface area (Å²) in [5.74, 6) is 1.56. The van der Waals surface area contributed by atoms with Crippen LogP contribution in [0.2, 0.25) is 0 Å². The molecule has 14 heavy (non-hydrogen) atoms. The summed E-state index contributed by atoms with van der Waals surface area (Å²) in [5, 5.41) is 8.73. The average molecular weight is 188 g/mol. The minimum absolute atomic E-state index is 0.374. The van der Waals surface area contributed by atoms with E-state index in [1.165, 1.54) is 18.9 Å². The molecular weight excluding hydrogens is 176 g/mol. The third-order valence-corrected chi connectivity index (χ3v) is 2.60. The number of nitrogens with two attached hydrogens (primary N) is 1. The van der Waals surface area contributed by atoms with E-state index in [1.54, 1.807) is 0 Å². The van der Waals surface area contributed by atoms with E-state index in [0.717, 1.165) is 18.7 Å². The Morgan fingerprint density at radius 2 is 2.07 bits per heavy atom. The Kier molecular flexibility index (Phi) is 2.32. The van der Waals surface area contributed by atoms with Crippen molar-refractivity contribution in [2.75, 3.05) is 5.73 Å². The molecule has 0 saturated heterocycles. The van der Waals surface area contributed by atoms with Gasteiger partial charge in [-0.2, -0.15) is 5.26 Å². The third-order valence-electron chi connectivity index (χ3n) is 2.60. The predicted octanol–water partition coefficient (Wildman–Crippen LogP) is 1.59. The molecule has 0 bridgehead atoms. The van der Waals surface area contributed by atoms with E-state index in [1.807, 2.05) is 6.07 Å². The van der Waals surface area contributed by atoms with Gasteiger partial charge in [-0.25, -0.2) is 9.97 Å². The van der Waals surface area contributed by atoms with Crippen LogP contribution in [0.15, 0.2) is 6.07 Å². The van der Waals surface area contributed by atoms with Gasteiger partial charge in [0.15, 0.2) is 0 Å². The summed E-state index contributed by atoms with van der Waals surface area (Å²) in [6.07, 6.45) is 4.69. The van der Waals surface area contributed by atoms with Gasteiger partial charge in [-0.05, 0) is 12.8 Å². The highest BCUT2D eigenvalue weighted by atomic mass is 15.0. The normalized spacial score (nSPS) is 16.8. The van der Waals surface area contributed by atoms with Crippen molar-refractivity contribution in [2.24, 2.45) is 0 Å². The Morgan fingerprint density at radius 3 is 2.71 bits per heavy atom. The van der Waals surface area contributed by atoms with Crippen LogP contribution < -0.4 is 5.73 Å². The van der Waals surface area contributed by atoms with Crippen molar-refractivity contribution in [2.45, 2.75) is 31.6 Å². The monoisotopic (exact) mass is 188 g/mol. The SMILES string of the molecule is N#Cc1cc(N)nc(C2CCCC2)n1. The predicted molar refractivity (Wildman–Crippen MR) is 52.4 cm³/mol. The van der Waals surface area contributed by atoms with Gasteiger partial charge in [-0.1, -0.05) is 12.8 Å². The minimum atomic E-state index is 0.374. The van der Waals surface area contributed by atoms with Gasteiger partial charge in [0.2, 0.25) is 0 Å². The molecule has 0 aliphatic heterocycles. The molecule has 1 aliphatic carbocycles. The van der Waals surface area contributed by atoms with Crippen LogP contribution in [0.25, 0.3) is 0 Å². The fourth-order valence-electron chi connectivity index (χ4n) is 1.91. The molecule has 1 aliphatic rings. The molecule has 0 amide bonds. The van der Waals surface area contributed by atoms with Crippen LogP contribution in [0.4, 0.5) is 5.82 Å². The van der Waals surface area contributed by atoms with Crippen molar-refractivity contribution in [1.29, 1.82) is 5.26 Å². The van der Waals surface area contributed by atoms with Gasteiger partial charge in [0, 0.05) is 12.0 Å². The molecular formula is C10H12N4. The van der Waals surface area contributed by atoms with E-state index in [0.29, 0.717) is 17.4 Å². The van der Waals surface area contributed by atoms with Crippen LogP contribution in [0, 0.1) is 11.3 Å². The summed E-state index contributed by atoms with van der Waals surface area (Å²) in [6.45, 7) is 0.